The number of hydrogen-bond acceptors (Lipinski definition) is 5. The van der Waals surface area contributed by atoms with Gasteiger partial charge in [0.15, 0.2) is 12.1 Å². The lowest BCUT2D eigenvalue weighted by Crippen LogP contribution is -2.42. The molecule has 2 N–H and O–H groups in total. The zero-order chi connectivity index (χ0) is 15.8. The first-order valence-corrected chi connectivity index (χ1v) is 8.05. The number of oxazole rings is 1. The lowest BCUT2D eigenvalue weighted by molar-refractivity contribution is 0.0227. The molecule has 2 aliphatic rings. The number of nitrogens with one attached hydrogen (secondary N) is 1. The molecule has 23 heavy (non-hydrogen) atoms. The molecule has 1 atom stereocenters. The van der Waals surface area contributed by atoms with Crippen LogP contribution in [0.3, 0.4) is 0 Å². The summed E-state index contributed by atoms with van der Waals surface area (Å²) < 4.78 is 5.39. The molecule has 0 spiro atoms. The highest BCUT2D eigenvalue weighted by Gasteiger charge is 2.38. The second-order valence-corrected chi connectivity index (χ2v) is 6.43. The zero-order valence-electron chi connectivity index (χ0n) is 12.7. The molecule has 0 aliphatic heterocycles. The molecular formula is C17H19N3O3. The highest BCUT2D eigenvalue weighted by atomic mass is 16.3. The van der Waals surface area contributed by atoms with E-state index in [1.807, 2.05) is 18.2 Å². The van der Waals surface area contributed by atoms with E-state index in [1.165, 1.54) is 6.39 Å². The average molecular weight is 313 g/mol. The third-order valence-corrected chi connectivity index (χ3v) is 4.67. The van der Waals surface area contributed by atoms with E-state index in [2.05, 4.69) is 15.3 Å². The summed E-state index contributed by atoms with van der Waals surface area (Å²) in [5, 5.41) is 12.6. The van der Waals surface area contributed by atoms with Crippen molar-refractivity contribution in [2.24, 2.45) is 5.92 Å². The molecule has 4 rings (SSSR count). The Labute approximate surface area is 134 Å². The van der Waals surface area contributed by atoms with E-state index >= 15 is 0 Å². The third-order valence-electron chi connectivity index (χ3n) is 4.67. The summed E-state index contributed by atoms with van der Waals surface area (Å²) in [6, 6.07) is 5.44. The Morgan fingerprint density at radius 3 is 2.78 bits per heavy atom. The molecule has 6 nitrogen and oxygen atoms in total. The average Bonchev–Trinajstić information content (AvgIpc) is 3.27. The minimum atomic E-state index is -0.280. The van der Waals surface area contributed by atoms with Crippen LogP contribution in [0.1, 0.15) is 59.6 Å². The van der Waals surface area contributed by atoms with Crippen molar-refractivity contribution in [2.45, 2.75) is 43.7 Å². The molecule has 6 heteroatoms. The predicted octanol–water partition coefficient (Wildman–Crippen LogP) is 2.19. The van der Waals surface area contributed by atoms with Gasteiger partial charge in [0, 0.05) is 12.1 Å². The largest absolute Gasteiger partial charge is 0.447 e. The number of rotatable bonds is 5. The molecule has 0 bridgehead atoms. The maximum Gasteiger partial charge on any atom is 0.274 e. The van der Waals surface area contributed by atoms with Crippen molar-refractivity contribution in [2.75, 3.05) is 0 Å². The van der Waals surface area contributed by atoms with E-state index in [0.29, 0.717) is 30.2 Å². The molecule has 0 aromatic carbocycles. The monoisotopic (exact) mass is 313 g/mol. The van der Waals surface area contributed by atoms with Crippen molar-refractivity contribution >= 4 is 5.91 Å². The van der Waals surface area contributed by atoms with Crippen LogP contribution < -0.4 is 5.32 Å². The topological polar surface area (TPSA) is 88.2 Å². The number of nitrogens with zero attached hydrogens (tertiary/aromatic N) is 2. The molecule has 0 radical (unpaired) electrons. The van der Waals surface area contributed by atoms with Gasteiger partial charge in [-0.05, 0) is 43.7 Å². The minimum absolute atomic E-state index is 0.195. The number of hydrogen-bond donors (Lipinski definition) is 2. The van der Waals surface area contributed by atoms with E-state index in [4.69, 9.17) is 4.42 Å². The van der Waals surface area contributed by atoms with Gasteiger partial charge in [0.05, 0.1) is 17.8 Å². The first kappa shape index (κ1) is 14.4. The Bertz CT molecular complexity index is 690. The number of pyridine rings is 1. The zero-order valence-corrected chi connectivity index (χ0v) is 12.7. The van der Waals surface area contributed by atoms with Crippen LogP contribution in [0.15, 0.2) is 35.2 Å². The Morgan fingerprint density at radius 2 is 2.13 bits per heavy atom. The Morgan fingerprint density at radius 1 is 1.30 bits per heavy atom. The fourth-order valence-corrected chi connectivity index (χ4v) is 3.17. The summed E-state index contributed by atoms with van der Waals surface area (Å²) in [6.07, 6.45) is 6.23. The van der Waals surface area contributed by atoms with Gasteiger partial charge in [0.1, 0.15) is 5.76 Å². The smallest absolute Gasteiger partial charge is 0.274 e. The number of carbonyl (C=O) groups excluding carboxylic acids is 1. The maximum atomic E-state index is 12.6. The maximum absolute atomic E-state index is 12.6. The molecule has 2 aliphatic carbocycles. The highest BCUT2D eigenvalue weighted by molar-refractivity contribution is 5.93. The summed E-state index contributed by atoms with van der Waals surface area (Å²) in [6.45, 7) is 0. The Balaban J connectivity index is 1.55. The van der Waals surface area contributed by atoms with Crippen LogP contribution in [0.4, 0.5) is 0 Å². The summed E-state index contributed by atoms with van der Waals surface area (Å²) >= 11 is 0. The standard InChI is InChI=1S/C17H19N3O3/c21-12-7-11(8-12)14(13-3-1-2-6-18-13)20-17(22)15-16(10-4-5-10)23-9-19-15/h1-3,6,9-12,14,21H,4-5,7-8H2,(H,20,22)/t11?,12?,14-/m0/s1. The van der Waals surface area contributed by atoms with Gasteiger partial charge in [0.25, 0.3) is 5.91 Å². The van der Waals surface area contributed by atoms with Crippen molar-refractivity contribution in [3.05, 3.63) is 47.9 Å². The fourth-order valence-electron chi connectivity index (χ4n) is 3.17. The van der Waals surface area contributed by atoms with Crippen molar-refractivity contribution in [1.29, 1.82) is 0 Å². The van der Waals surface area contributed by atoms with Gasteiger partial charge in [0.2, 0.25) is 0 Å². The number of aromatic nitrogens is 2. The fraction of sp³-hybridized carbons (Fsp3) is 0.471. The van der Waals surface area contributed by atoms with Crippen LogP contribution in [-0.4, -0.2) is 27.1 Å². The SMILES string of the molecule is O=C(N[C@H](c1ccccn1)C1CC(O)C1)c1ncoc1C1CC1. The Hall–Kier alpha value is -2.21. The van der Waals surface area contributed by atoms with Crippen molar-refractivity contribution < 1.29 is 14.3 Å². The van der Waals surface area contributed by atoms with Gasteiger partial charge in [-0.3, -0.25) is 9.78 Å². The van der Waals surface area contributed by atoms with Gasteiger partial charge >= 0.3 is 0 Å². The number of amides is 1. The molecule has 2 saturated carbocycles. The van der Waals surface area contributed by atoms with E-state index in [1.54, 1.807) is 6.20 Å². The normalized spacial score (nSPS) is 24.7. The van der Waals surface area contributed by atoms with Gasteiger partial charge in [-0.15, -0.1) is 0 Å². The van der Waals surface area contributed by atoms with Gasteiger partial charge in [-0.25, -0.2) is 4.98 Å². The van der Waals surface area contributed by atoms with Crippen LogP contribution in [0.2, 0.25) is 0 Å². The Kier molecular flexibility index (Phi) is 3.61. The van der Waals surface area contributed by atoms with E-state index < -0.39 is 0 Å². The van der Waals surface area contributed by atoms with E-state index in [9.17, 15) is 9.90 Å². The second kappa shape index (κ2) is 5.77. The number of carbonyl (C=O) groups is 1. The van der Waals surface area contributed by atoms with E-state index in [-0.39, 0.29) is 24.0 Å². The molecule has 2 aromatic rings. The lowest BCUT2D eigenvalue weighted by Gasteiger charge is -2.37. The van der Waals surface area contributed by atoms with Crippen molar-refractivity contribution in [1.82, 2.24) is 15.3 Å². The quantitative estimate of drug-likeness (QED) is 0.883. The van der Waals surface area contributed by atoms with Crippen molar-refractivity contribution in [3.63, 3.8) is 0 Å². The van der Waals surface area contributed by atoms with E-state index in [0.717, 1.165) is 18.5 Å². The van der Waals surface area contributed by atoms with Crippen LogP contribution in [0.5, 0.6) is 0 Å². The van der Waals surface area contributed by atoms with Crippen LogP contribution in [0.25, 0.3) is 0 Å². The summed E-state index contributed by atoms with van der Waals surface area (Å²) in [5.74, 6) is 0.991. The molecule has 0 unspecified atom stereocenters. The van der Waals surface area contributed by atoms with Crippen molar-refractivity contribution in [3.8, 4) is 0 Å². The molecule has 0 saturated heterocycles. The summed E-state index contributed by atoms with van der Waals surface area (Å²) in [7, 11) is 0. The molecule has 2 heterocycles. The van der Waals surface area contributed by atoms with Gasteiger partial charge in [-0.1, -0.05) is 6.07 Å². The first-order valence-electron chi connectivity index (χ1n) is 8.05. The second-order valence-electron chi connectivity index (χ2n) is 6.43. The third kappa shape index (κ3) is 2.86. The lowest BCUT2D eigenvalue weighted by atomic mass is 9.76. The van der Waals surface area contributed by atoms with Gasteiger partial charge < -0.3 is 14.8 Å². The van der Waals surface area contributed by atoms with Crippen LogP contribution in [0, 0.1) is 5.92 Å². The molecule has 2 aromatic heterocycles. The number of aliphatic hydroxyl groups is 1. The summed E-state index contributed by atoms with van der Waals surface area (Å²) in [5.41, 5.74) is 1.20. The summed E-state index contributed by atoms with van der Waals surface area (Å²) in [4.78, 5) is 21.1. The predicted molar refractivity (Wildman–Crippen MR) is 81.7 cm³/mol. The molecule has 2 fully saturated rings. The van der Waals surface area contributed by atoms with Crippen LogP contribution in [-0.2, 0) is 0 Å². The molecule has 1 amide bonds. The molecule has 120 valence electrons. The number of aliphatic hydroxyl groups excluding tert-OH is 1. The van der Waals surface area contributed by atoms with Gasteiger partial charge in [-0.2, -0.15) is 0 Å². The first-order chi connectivity index (χ1) is 11.2. The van der Waals surface area contributed by atoms with Crippen LogP contribution >= 0.6 is 0 Å². The molecular weight excluding hydrogens is 294 g/mol. The highest BCUT2D eigenvalue weighted by Crippen LogP contribution is 2.42. The minimum Gasteiger partial charge on any atom is -0.447 e.